The summed E-state index contributed by atoms with van der Waals surface area (Å²) in [7, 11) is 3.81. The summed E-state index contributed by atoms with van der Waals surface area (Å²) >= 11 is 6.34. The predicted molar refractivity (Wildman–Crippen MR) is 93.3 cm³/mol. The summed E-state index contributed by atoms with van der Waals surface area (Å²) in [5.41, 5.74) is 3.65. The Morgan fingerprint density at radius 3 is 2.83 bits per heavy atom. The molecular weight excluding hydrogens is 328 g/mol. The van der Waals surface area contributed by atoms with Crippen LogP contribution in [0, 0.1) is 0 Å². The topological polar surface area (TPSA) is 61.0 Å². The SMILES string of the molecule is CC1COCCN1c1cc(-c2ccnn2C)c2c(n1)c(Cl)nn2C. The minimum atomic E-state index is 0.263. The molecule has 8 heteroatoms. The molecule has 0 N–H and O–H groups in total. The second-order valence-electron chi connectivity index (χ2n) is 6.10. The van der Waals surface area contributed by atoms with E-state index in [1.807, 2.05) is 24.8 Å². The Morgan fingerprint density at radius 1 is 1.29 bits per heavy atom. The number of anilines is 1. The van der Waals surface area contributed by atoms with Gasteiger partial charge in [-0.05, 0) is 19.1 Å². The van der Waals surface area contributed by atoms with Crippen molar-refractivity contribution in [3.8, 4) is 11.3 Å². The van der Waals surface area contributed by atoms with Crippen molar-refractivity contribution in [2.24, 2.45) is 14.1 Å². The molecule has 0 amide bonds. The van der Waals surface area contributed by atoms with Crippen LogP contribution in [-0.2, 0) is 18.8 Å². The zero-order valence-corrected chi connectivity index (χ0v) is 14.7. The molecule has 0 aromatic carbocycles. The molecule has 4 heterocycles. The highest BCUT2D eigenvalue weighted by atomic mass is 35.5. The van der Waals surface area contributed by atoms with Crippen LogP contribution in [0.4, 0.5) is 5.82 Å². The third-order valence-electron chi connectivity index (χ3n) is 4.49. The first-order valence-electron chi connectivity index (χ1n) is 7.92. The van der Waals surface area contributed by atoms with Gasteiger partial charge in [0.2, 0.25) is 0 Å². The summed E-state index contributed by atoms with van der Waals surface area (Å²) in [6.07, 6.45) is 1.79. The van der Waals surface area contributed by atoms with Gasteiger partial charge in [0, 0.05) is 32.4 Å². The van der Waals surface area contributed by atoms with Crippen molar-refractivity contribution >= 4 is 28.5 Å². The zero-order valence-electron chi connectivity index (χ0n) is 13.9. The zero-order chi connectivity index (χ0) is 16.8. The molecule has 24 heavy (non-hydrogen) atoms. The molecule has 1 aliphatic rings. The van der Waals surface area contributed by atoms with Crippen molar-refractivity contribution in [2.75, 3.05) is 24.7 Å². The van der Waals surface area contributed by atoms with Crippen molar-refractivity contribution in [3.05, 3.63) is 23.5 Å². The van der Waals surface area contributed by atoms with E-state index in [1.54, 1.807) is 10.9 Å². The quantitative estimate of drug-likeness (QED) is 0.712. The van der Waals surface area contributed by atoms with E-state index in [-0.39, 0.29) is 6.04 Å². The van der Waals surface area contributed by atoms with Gasteiger partial charge >= 0.3 is 0 Å². The number of ether oxygens (including phenoxy) is 1. The highest BCUT2D eigenvalue weighted by molar-refractivity contribution is 6.34. The number of hydrogen-bond donors (Lipinski definition) is 0. The molecule has 0 aliphatic carbocycles. The number of aryl methyl sites for hydroxylation is 2. The number of pyridine rings is 1. The first kappa shape index (κ1) is 15.4. The lowest BCUT2D eigenvalue weighted by atomic mass is 10.1. The number of rotatable bonds is 2. The maximum atomic E-state index is 6.34. The van der Waals surface area contributed by atoms with E-state index in [9.17, 15) is 0 Å². The smallest absolute Gasteiger partial charge is 0.177 e. The van der Waals surface area contributed by atoms with Crippen LogP contribution in [0.15, 0.2) is 18.3 Å². The second kappa shape index (κ2) is 5.75. The lowest BCUT2D eigenvalue weighted by Gasteiger charge is -2.34. The lowest BCUT2D eigenvalue weighted by Crippen LogP contribution is -2.44. The third-order valence-corrected chi connectivity index (χ3v) is 4.75. The van der Waals surface area contributed by atoms with Gasteiger partial charge in [0.25, 0.3) is 0 Å². The Bertz CT molecular complexity index is 901. The van der Waals surface area contributed by atoms with Gasteiger partial charge in [-0.2, -0.15) is 10.2 Å². The number of aromatic nitrogens is 5. The molecule has 126 valence electrons. The summed E-state index contributed by atoms with van der Waals surface area (Å²) in [4.78, 5) is 7.05. The van der Waals surface area contributed by atoms with Gasteiger partial charge < -0.3 is 9.64 Å². The van der Waals surface area contributed by atoms with E-state index in [2.05, 4.69) is 28.1 Å². The Labute approximate surface area is 144 Å². The molecule has 0 spiro atoms. The molecule has 3 aromatic heterocycles. The third kappa shape index (κ3) is 2.35. The summed E-state index contributed by atoms with van der Waals surface area (Å²) in [6.45, 7) is 4.34. The van der Waals surface area contributed by atoms with E-state index in [4.69, 9.17) is 21.3 Å². The van der Waals surface area contributed by atoms with E-state index < -0.39 is 0 Å². The fraction of sp³-hybridized carbons (Fsp3) is 0.438. The molecule has 7 nitrogen and oxygen atoms in total. The summed E-state index contributed by atoms with van der Waals surface area (Å²) < 4.78 is 9.17. The standard InChI is InChI=1S/C16H19ClN6O/c1-10-9-24-7-6-23(10)13-8-11(12-4-5-18-21(12)2)15-14(19-13)16(17)20-22(15)3/h4-5,8,10H,6-7,9H2,1-3H3. The molecule has 1 saturated heterocycles. The fourth-order valence-corrected chi connectivity index (χ4v) is 3.52. The summed E-state index contributed by atoms with van der Waals surface area (Å²) in [5, 5.41) is 9.05. The number of fused-ring (bicyclic) bond motifs is 1. The first-order valence-corrected chi connectivity index (χ1v) is 8.30. The van der Waals surface area contributed by atoms with Crippen LogP contribution in [0.25, 0.3) is 22.3 Å². The molecular formula is C16H19ClN6O. The summed E-state index contributed by atoms with van der Waals surface area (Å²) in [6, 6.07) is 4.35. The van der Waals surface area contributed by atoms with Crippen molar-refractivity contribution in [1.82, 2.24) is 24.5 Å². The monoisotopic (exact) mass is 346 g/mol. The van der Waals surface area contributed by atoms with Gasteiger partial charge in [0.05, 0.1) is 30.5 Å². The van der Waals surface area contributed by atoms with Crippen LogP contribution in [-0.4, -0.2) is 50.3 Å². The normalized spacial score (nSPS) is 18.5. The fourth-order valence-electron chi connectivity index (χ4n) is 3.27. The minimum absolute atomic E-state index is 0.263. The van der Waals surface area contributed by atoms with Crippen LogP contribution in [0.5, 0.6) is 0 Å². The maximum Gasteiger partial charge on any atom is 0.177 e. The molecule has 3 aromatic rings. The van der Waals surface area contributed by atoms with Crippen molar-refractivity contribution < 1.29 is 4.74 Å². The average molecular weight is 347 g/mol. The van der Waals surface area contributed by atoms with E-state index in [0.29, 0.717) is 23.9 Å². The van der Waals surface area contributed by atoms with Crippen LogP contribution in [0.1, 0.15) is 6.92 Å². The van der Waals surface area contributed by atoms with Crippen LogP contribution in [0.3, 0.4) is 0 Å². The van der Waals surface area contributed by atoms with Crippen molar-refractivity contribution in [1.29, 1.82) is 0 Å². The highest BCUT2D eigenvalue weighted by Crippen LogP contribution is 2.34. The Balaban J connectivity index is 1.97. The van der Waals surface area contributed by atoms with Gasteiger partial charge in [-0.1, -0.05) is 11.6 Å². The molecule has 1 aliphatic heterocycles. The molecule has 4 rings (SSSR count). The van der Waals surface area contributed by atoms with E-state index in [1.165, 1.54) is 0 Å². The molecule has 0 saturated carbocycles. The van der Waals surface area contributed by atoms with Crippen LogP contribution < -0.4 is 4.90 Å². The van der Waals surface area contributed by atoms with Gasteiger partial charge in [0.1, 0.15) is 11.3 Å². The second-order valence-corrected chi connectivity index (χ2v) is 6.46. The number of halogens is 1. The minimum Gasteiger partial charge on any atom is -0.377 e. The van der Waals surface area contributed by atoms with Gasteiger partial charge in [-0.15, -0.1) is 0 Å². The van der Waals surface area contributed by atoms with Crippen molar-refractivity contribution in [2.45, 2.75) is 13.0 Å². The van der Waals surface area contributed by atoms with Gasteiger partial charge in [-0.3, -0.25) is 9.36 Å². The largest absolute Gasteiger partial charge is 0.377 e. The van der Waals surface area contributed by atoms with Crippen LogP contribution >= 0.6 is 11.6 Å². The number of morpholine rings is 1. The molecule has 1 fully saturated rings. The molecule has 1 atom stereocenters. The number of nitrogens with zero attached hydrogens (tertiary/aromatic N) is 6. The van der Waals surface area contributed by atoms with E-state index in [0.717, 1.165) is 29.1 Å². The Hall–Kier alpha value is -2.12. The maximum absolute atomic E-state index is 6.34. The first-order chi connectivity index (χ1) is 11.6. The van der Waals surface area contributed by atoms with Crippen LogP contribution in [0.2, 0.25) is 5.15 Å². The summed E-state index contributed by atoms with van der Waals surface area (Å²) in [5.74, 6) is 0.893. The molecule has 0 radical (unpaired) electrons. The Kier molecular flexibility index (Phi) is 3.69. The van der Waals surface area contributed by atoms with Gasteiger partial charge in [-0.25, -0.2) is 4.98 Å². The molecule has 0 bridgehead atoms. The lowest BCUT2D eigenvalue weighted by molar-refractivity contribution is 0.0986. The van der Waals surface area contributed by atoms with Crippen molar-refractivity contribution in [3.63, 3.8) is 0 Å². The van der Waals surface area contributed by atoms with E-state index >= 15 is 0 Å². The average Bonchev–Trinajstić information content (AvgIpc) is 3.11. The Morgan fingerprint density at radius 2 is 2.12 bits per heavy atom. The highest BCUT2D eigenvalue weighted by Gasteiger charge is 2.24. The predicted octanol–water partition coefficient (Wildman–Crippen LogP) is 2.25. The molecule has 1 unspecified atom stereocenters. The van der Waals surface area contributed by atoms with Gasteiger partial charge in [0.15, 0.2) is 5.15 Å². The number of hydrogen-bond acceptors (Lipinski definition) is 5.